The fourth-order valence-corrected chi connectivity index (χ4v) is 3.37. The third kappa shape index (κ3) is 6.17. The molecule has 1 unspecified atom stereocenters. The molecule has 5 nitrogen and oxygen atoms in total. The quantitative estimate of drug-likeness (QED) is 0.257. The summed E-state index contributed by atoms with van der Waals surface area (Å²) < 4.78 is 13.3. The van der Waals surface area contributed by atoms with Gasteiger partial charge in [0.2, 0.25) is 0 Å². The highest BCUT2D eigenvalue weighted by Gasteiger charge is 2.14. The smallest absolute Gasteiger partial charge is 0.191 e. The molecule has 0 spiro atoms. The van der Waals surface area contributed by atoms with Crippen molar-refractivity contribution in [3.8, 4) is 0 Å². The van der Waals surface area contributed by atoms with Gasteiger partial charge in [0.05, 0.1) is 6.04 Å². The zero-order valence-electron chi connectivity index (χ0n) is 17.1. The van der Waals surface area contributed by atoms with E-state index in [1.165, 1.54) is 17.7 Å². The van der Waals surface area contributed by atoms with Crippen LogP contribution in [0.4, 0.5) is 4.39 Å². The number of nitrogens with zero attached hydrogens (tertiary/aromatic N) is 2. The lowest BCUT2D eigenvalue weighted by Crippen LogP contribution is -2.42. The van der Waals surface area contributed by atoms with Gasteiger partial charge in [0.1, 0.15) is 5.82 Å². The fraction of sp³-hybridized carbons (Fsp3) is 0.318. The Morgan fingerprint density at radius 1 is 1.14 bits per heavy atom. The second-order valence-electron chi connectivity index (χ2n) is 7.02. The summed E-state index contributed by atoms with van der Waals surface area (Å²) in [7, 11) is 5.93. The third-order valence-electron chi connectivity index (χ3n) is 4.91. The Labute approximate surface area is 188 Å². The highest BCUT2D eigenvalue weighted by atomic mass is 127. The molecule has 0 aliphatic heterocycles. The summed E-state index contributed by atoms with van der Waals surface area (Å²) in [5.41, 5.74) is 3.25. The molecule has 7 heteroatoms. The van der Waals surface area contributed by atoms with Crippen molar-refractivity contribution in [2.75, 3.05) is 34.2 Å². The van der Waals surface area contributed by atoms with Crippen molar-refractivity contribution in [3.63, 3.8) is 0 Å². The molecular formula is C22H29FIN5. The minimum atomic E-state index is -0.225. The van der Waals surface area contributed by atoms with E-state index in [0.29, 0.717) is 0 Å². The van der Waals surface area contributed by atoms with Gasteiger partial charge in [-0.25, -0.2) is 4.39 Å². The molecular weight excluding hydrogens is 480 g/mol. The van der Waals surface area contributed by atoms with Crippen LogP contribution in [0, 0.1) is 5.82 Å². The van der Waals surface area contributed by atoms with Crippen LogP contribution in [0.1, 0.15) is 17.2 Å². The molecule has 3 rings (SSSR count). The van der Waals surface area contributed by atoms with E-state index >= 15 is 0 Å². The lowest BCUT2D eigenvalue weighted by atomic mass is 10.1. The monoisotopic (exact) mass is 509 g/mol. The molecule has 0 saturated heterocycles. The maximum Gasteiger partial charge on any atom is 0.191 e. The second-order valence-corrected chi connectivity index (χ2v) is 7.02. The van der Waals surface area contributed by atoms with Crippen LogP contribution in [0.25, 0.3) is 10.9 Å². The van der Waals surface area contributed by atoms with Gasteiger partial charge in [-0.1, -0.05) is 30.3 Å². The standard InChI is InChI=1S/C22H28FN5.HI/c1-24-22(27-15-21(28(2)3)16-7-5-4-6-8-16)25-12-11-17-14-26-20-13-18(23)9-10-19(17)20;/h4-10,13-14,21,26H,11-12,15H2,1-3H3,(H2,24,25,27);1H. The van der Waals surface area contributed by atoms with Crippen molar-refractivity contribution in [1.29, 1.82) is 0 Å². The zero-order chi connectivity index (χ0) is 19.9. The molecule has 156 valence electrons. The van der Waals surface area contributed by atoms with Gasteiger partial charge in [0.15, 0.2) is 5.96 Å². The lowest BCUT2D eigenvalue weighted by molar-refractivity contribution is 0.298. The van der Waals surface area contributed by atoms with E-state index in [4.69, 9.17) is 0 Å². The lowest BCUT2D eigenvalue weighted by Gasteiger charge is -2.26. The Hall–Kier alpha value is -2.13. The van der Waals surface area contributed by atoms with Gasteiger partial charge in [-0.2, -0.15) is 0 Å². The molecule has 0 aliphatic rings. The normalized spacial score (nSPS) is 12.7. The van der Waals surface area contributed by atoms with Crippen LogP contribution in [-0.4, -0.2) is 50.1 Å². The maximum absolute atomic E-state index is 13.3. The Balaban J connectivity index is 0.00000300. The molecule has 0 amide bonds. The number of fused-ring (bicyclic) bond motifs is 1. The van der Waals surface area contributed by atoms with Crippen molar-refractivity contribution in [3.05, 3.63) is 71.7 Å². The molecule has 0 fully saturated rings. The first kappa shape index (κ1) is 23.2. The topological polar surface area (TPSA) is 55.5 Å². The minimum absolute atomic E-state index is 0. The highest BCUT2D eigenvalue weighted by molar-refractivity contribution is 14.0. The Bertz CT molecular complexity index is 923. The molecule has 0 bridgehead atoms. The van der Waals surface area contributed by atoms with Crippen LogP contribution in [0.2, 0.25) is 0 Å². The van der Waals surface area contributed by atoms with E-state index in [1.54, 1.807) is 7.05 Å². The first-order valence-electron chi connectivity index (χ1n) is 9.50. The van der Waals surface area contributed by atoms with Crippen LogP contribution in [0.15, 0.2) is 59.7 Å². The van der Waals surface area contributed by atoms with Crippen molar-refractivity contribution in [2.24, 2.45) is 4.99 Å². The van der Waals surface area contributed by atoms with Crippen LogP contribution >= 0.6 is 24.0 Å². The van der Waals surface area contributed by atoms with Crippen molar-refractivity contribution in [2.45, 2.75) is 12.5 Å². The molecule has 29 heavy (non-hydrogen) atoms. The second kappa shape index (κ2) is 11.2. The van der Waals surface area contributed by atoms with Gasteiger partial charge in [0, 0.05) is 37.2 Å². The summed E-state index contributed by atoms with van der Waals surface area (Å²) >= 11 is 0. The van der Waals surface area contributed by atoms with Crippen LogP contribution in [0.3, 0.4) is 0 Å². The molecule has 0 radical (unpaired) electrons. The summed E-state index contributed by atoms with van der Waals surface area (Å²) in [4.78, 5) is 9.65. The zero-order valence-corrected chi connectivity index (χ0v) is 19.4. The van der Waals surface area contributed by atoms with E-state index in [-0.39, 0.29) is 35.8 Å². The first-order chi connectivity index (χ1) is 13.6. The van der Waals surface area contributed by atoms with E-state index in [1.807, 2.05) is 18.3 Å². The number of aromatic amines is 1. The number of halogens is 2. The molecule has 1 aromatic heterocycles. The summed E-state index contributed by atoms with van der Waals surface area (Å²) in [6.45, 7) is 1.49. The molecule has 2 aromatic carbocycles. The number of nitrogens with one attached hydrogen (secondary N) is 3. The highest BCUT2D eigenvalue weighted by Crippen LogP contribution is 2.19. The van der Waals surface area contributed by atoms with E-state index in [2.05, 4.69) is 63.9 Å². The Kier molecular flexibility index (Phi) is 8.91. The van der Waals surface area contributed by atoms with Gasteiger partial charge in [0.25, 0.3) is 0 Å². The van der Waals surface area contributed by atoms with E-state index in [9.17, 15) is 4.39 Å². The van der Waals surface area contributed by atoms with Crippen LogP contribution in [0.5, 0.6) is 0 Å². The number of rotatable bonds is 7. The van der Waals surface area contributed by atoms with E-state index in [0.717, 1.165) is 41.9 Å². The molecule has 3 aromatic rings. The Morgan fingerprint density at radius 3 is 2.59 bits per heavy atom. The van der Waals surface area contributed by atoms with Gasteiger partial charge >= 0.3 is 0 Å². The SMILES string of the molecule is CN=C(NCCc1c[nH]c2cc(F)ccc12)NCC(c1ccccc1)N(C)C.I. The largest absolute Gasteiger partial charge is 0.361 e. The number of hydrogen-bond donors (Lipinski definition) is 3. The first-order valence-corrected chi connectivity index (χ1v) is 9.50. The Morgan fingerprint density at radius 2 is 1.90 bits per heavy atom. The number of guanidine groups is 1. The number of hydrogen-bond acceptors (Lipinski definition) is 2. The van der Waals surface area contributed by atoms with Gasteiger partial charge < -0.3 is 20.5 Å². The number of aliphatic imine (C=N–C) groups is 1. The van der Waals surface area contributed by atoms with Crippen molar-refractivity contribution in [1.82, 2.24) is 20.5 Å². The van der Waals surface area contributed by atoms with Crippen LogP contribution < -0.4 is 10.6 Å². The minimum Gasteiger partial charge on any atom is -0.361 e. The summed E-state index contributed by atoms with van der Waals surface area (Å²) in [5, 5.41) is 7.83. The van der Waals surface area contributed by atoms with Crippen LogP contribution in [-0.2, 0) is 6.42 Å². The average molecular weight is 509 g/mol. The van der Waals surface area contributed by atoms with E-state index < -0.39 is 0 Å². The van der Waals surface area contributed by atoms with Gasteiger partial charge in [-0.3, -0.25) is 4.99 Å². The molecule has 3 N–H and O–H groups in total. The number of likely N-dealkylation sites (N-methyl/N-ethyl adjacent to an activating group) is 1. The third-order valence-corrected chi connectivity index (χ3v) is 4.91. The predicted molar refractivity (Wildman–Crippen MR) is 130 cm³/mol. The number of benzene rings is 2. The van der Waals surface area contributed by atoms with Crippen molar-refractivity contribution < 1.29 is 4.39 Å². The molecule has 1 heterocycles. The molecule has 0 aliphatic carbocycles. The molecule has 1 atom stereocenters. The maximum atomic E-state index is 13.3. The molecule has 0 saturated carbocycles. The number of H-pyrrole nitrogens is 1. The number of aromatic nitrogens is 1. The van der Waals surface area contributed by atoms with Gasteiger partial charge in [-0.05, 0) is 49.8 Å². The summed E-state index contributed by atoms with van der Waals surface area (Å²) in [6, 6.07) is 15.5. The van der Waals surface area contributed by atoms with Crippen molar-refractivity contribution >= 4 is 40.8 Å². The predicted octanol–water partition coefficient (Wildman–Crippen LogP) is 3.94. The van der Waals surface area contributed by atoms with Gasteiger partial charge in [-0.15, -0.1) is 24.0 Å². The fourth-order valence-electron chi connectivity index (χ4n) is 3.37. The summed E-state index contributed by atoms with van der Waals surface area (Å²) in [6.07, 6.45) is 2.77. The summed E-state index contributed by atoms with van der Waals surface area (Å²) in [5.74, 6) is 0.547. The average Bonchev–Trinajstić information content (AvgIpc) is 3.09.